The summed E-state index contributed by atoms with van der Waals surface area (Å²) in [7, 11) is 0. The standard InChI is InChI=1S/C18H18FNO2S2/c19-14-3-1-4-15(11-14)20-17(21)12-22-16-7-5-13(6-8-16)18-23-9-2-10-24-18/h1,3-8,11,18H,2,9-10,12H2,(H,20,21). The van der Waals surface area contributed by atoms with Crippen LogP contribution in [0.2, 0.25) is 0 Å². The lowest BCUT2D eigenvalue weighted by molar-refractivity contribution is -0.118. The Morgan fingerprint density at radius 1 is 1.17 bits per heavy atom. The van der Waals surface area contributed by atoms with Gasteiger partial charge in [0.1, 0.15) is 11.6 Å². The topological polar surface area (TPSA) is 38.3 Å². The van der Waals surface area contributed by atoms with E-state index < -0.39 is 0 Å². The van der Waals surface area contributed by atoms with Crippen molar-refractivity contribution in [2.75, 3.05) is 23.4 Å². The Bertz CT molecular complexity index is 688. The molecule has 1 N–H and O–H groups in total. The summed E-state index contributed by atoms with van der Waals surface area (Å²) in [6, 6.07) is 13.7. The highest BCUT2D eigenvalue weighted by molar-refractivity contribution is 8.16. The number of amides is 1. The van der Waals surface area contributed by atoms with Crippen molar-refractivity contribution < 1.29 is 13.9 Å². The van der Waals surface area contributed by atoms with Gasteiger partial charge in [-0.1, -0.05) is 18.2 Å². The largest absolute Gasteiger partial charge is 0.484 e. The summed E-state index contributed by atoms with van der Waals surface area (Å²) in [5.74, 6) is 2.36. The first-order chi connectivity index (χ1) is 11.7. The molecule has 0 atom stereocenters. The van der Waals surface area contributed by atoms with Gasteiger partial charge >= 0.3 is 0 Å². The van der Waals surface area contributed by atoms with Crippen molar-refractivity contribution in [1.29, 1.82) is 0 Å². The number of thioether (sulfide) groups is 2. The molecule has 0 aromatic heterocycles. The second-order valence-corrected chi connectivity index (χ2v) is 8.07. The molecule has 1 saturated heterocycles. The van der Waals surface area contributed by atoms with Crippen LogP contribution >= 0.6 is 23.5 Å². The highest BCUT2D eigenvalue weighted by atomic mass is 32.2. The summed E-state index contributed by atoms with van der Waals surface area (Å²) in [4.78, 5) is 11.8. The van der Waals surface area contributed by atoms with Crippen LogP contribution in [0.15, 0.2) is 48.5 Å². The Labute approximate surface area is 149 Å². The van der Waals surface area contributed by atoms with Crippen LogP contribution in [0.4, 0.5) is 10.1 Å². The molecule has 0 aliphatic carbocycles. The zero-order valence-corrected chi connectivity index (χ0v) is 14.7. The maximum atomic E-state index is 13.1. The van der Waals surface area contributed by atoms with Gasteiger partial charge in [0.25, 0.3) is 5.91 Å². The zero-order chi connectivity index (χ0) is 16.8. The predicted molar refractivity (Wildman–Crippen MR) is 99.2 cm³/mol. The molecule has 0 radical (unpaired) electrons. The minimum atomic E-state index is -0.386. The summed E-state index contributed by atoms with van der Waals surface area (Å²) in [5, 5.41) is 2.61. The molecule has 24 heavy (non-hydrogen) atoms. The van der Waals surface area contributed by atoms with E-state index in [1.807, 2.05) is 35.7 Å². The van der Waals surface area contributed by atoms with Crippen LogP contribution in [0.3, 0.4) is 0 Å². The fourth-order valence-corrected chi connectivity index (χ4v) is 5.21. The summed E-state index contributed by atoms with van der Waals surface area (Å²) >= 11 is 3.94. The quantitative estimate of drug-likeness (QED) is 0.835. The van der Waals surface area contributed by atoms with Crippen molar-refractivity contribution in [2.24, 2.45) is 0 Å². The predicted octanol–water partition coefficient (Wildman–Crippen LogP) is 4.71. The molecule has 0 spiro atoms. The van der Waals surface area contributed by atoms with Gasteiger partial charge in [-0.15, -0.1) is 23.5 Å². The van der Waals surface area contributed by atoms with Gasteiger partial charge in [0.15, 0.2) is 6.61 Å². The lowest BCUT2D eigenvalue weighted by Crippen LogP contribution is -2.20. The molecule has 1 heterocycles. The first-order valence-electron chi connectivity index (χ1n) is 7.72. The van der Waals surface area contributed by atoms with Crippen molar-refractivity contribution in [2.45, 2.75) is 11.0 Å². The highest BCUT2D eigenvalue weighted by Gasteiger charge is 2.16. The third-order valence-electron chi connectivity index (χ3n) is 3.46. The van der Waals surface area contributed by atoms with Gasteiger partial charge in [-0.2, -0.15) is 0 Å². The smallest absolute Gasteiger partial charge is 0.262 e. The van der Waals surface area contributed by atoms with Crippen LogP contribution in [-0.4, -0.2) is 24.0 Å². The molecule has 2 aromatic rings. The minimum Gasteiger partial charge on any atom is -0.484 e. The van der Waals surface area contributed by atoms with Crippen LogP contribution in [0.5, 0.6) is 5.75 Å². The molecular formula is C18H18FNO2S2. The number of hydrogen-bond acceptors (Lipinski definition) is 4. The molecule has 1 aliphatic heterocycles. The average molecular weight is 363 g/mol. The van der Waals surface area contributed by atoms with Crippen molar-refractivity contribution in [3.05, 3.63) is 59.9 Å². The van der Waals surface area contributed by atoms with Gasteiger partial charge in [0.05, 0.1) is 4.58 Å². The van der Waals surface area contributed by atoms with Crippen molar-refractivity contribution >= 4 is 35.1 Å². The first-order valence-corrected chi connectivity index (χ1v) is 9.82. The van der Waals surface area contributed by atoms with E-state index in [4.69, 9.17) is 4.74 Å². The molecule has 1 aliphatic rings. The molecule has 3 rings (SSSR count). The van der Waals surface area contributed by atoms with E-state index >= 15 is 0 Å². The SMILES string of the molecule is O=C(COc1ccc(C2SCCCS2)cc1)Nc1cccc(F)c1. The fourth-order valence-electron chi connectivity index (χ4n) is 2.31. The number of rotatable bonds is 5. The second-order valence-electron chi connectivity index (χ2n) is 5.34. The molecule has 0 bridgehead atoms. The number of ether oxygens (including phenoxy) is 1. The van der Waals surface area contributed by atoms with Crippen molar-refractivity contribution in [1.82, 2.24) is 0 Å². The van der Waals surface area contributed by atoms with E-state index in [9.17, 15) is 9.18 Å². The summed E-state index contributed by atoms with van der Waals surface area (Å²) in [6.45, 7) is -0.108. The van der Waals surface area contributed by atoms with Crippen LogP contribution in [0.25, 0.3) is 0 Å². The lowest BCUT2D eigenvalue weighted by Gasteiger charge is -2.21. The molecule has 0 saturated carbocycles. The number of carbonyl (C=O) groups is 1. The second kappa shape index (κ2) is 8.44. The van der Waals surface area contributed by atoms with Gasteiger partial charge in [0, 0.05) is 5.69 Å². The maximum Gasteiger partial charge on any atom is 0.262 e. The zero-order valence-electron chi connectivity index (χ0n) is 13.0. The lowest BCUT2D eigenvalue weighted by atomic mass is 10.2. The van der Waals surface area contributed by atoms with E-state index in [-0.39, 0.29) is 18.3 Å². The molecule has 6 heteroatoms. The van der Waals surface area contributed by atoms with Crippen molar-refractivity contribution in [3.63, 3.8) is 0 Å². The summed E-state index contributed by atoms with van der Waals surface area (Å²) in [6.07, 6.45) is 1.27. The van der Waals surface area contributed by atoms with Gasteiger partial charge < -0.3 is 10.1 Å². The highest BCUT2D eigenvalue weighted by Crippen LogP contribution is 2.43. The number of carbonyl (C=O) groups excluding carboxylic acids is 1. The normalized spacial score (nSPS) is 15.0. The summed E-state index contributed by atoms with van der Waals surface area (Å²) in [5.41, 5.74) is 1.70. The summed E-state index contributed by atoms with van der Waals surface area (Å²) < 4.78 is 19.1. The van der Waals surface area contributed by atoms with E-state index in [0.29, 0.717) is 16.0 Å². The molecular weight excluding hydrogens is 345 g/mol. The van der Waals surface area contributed by atoms with Crippen molar-refractivity contribution in [3.8, 4) is 5.75 Å². The van der Waals surface area contributed by atoms with Gasteiger partial charge in [-0.05, 0) is 53.8 Å². The Morgan fingerprint density at radius 2 is 1.92 bits per heavy atom. The fraction of sp³-hybridized carbons (Fsp3) is 0.278. The maximum absolute atomic E-state index is 13.1. The minimum absolute atomic E-state index is 0.108. The monoisotopic (exact) mass is 363 g/mol. The van der Waals surface area contributed by atoms with Gasteiger partial charge in [0.2, 0.25) is 0 Å². The van der Waals surface area contributed by atoms with Crippen LogP contribution in [0.1, 0.15) is 16.6 Å². The third kappa shape index (κ3) is 4.92. The Kier molecular flexibility index (Phi) is 6.04. The van der Waals surface area contributed by atoms with E-state index in [1.54, 1.807) is 12.1 Å². The number of anilines is 1. The number of benzene rings is 2. The van der Waals surface area contributed by atoms with Crippen LogP contribution in [-0.2, 0) is 4.79 Å². The molecule has 3 nitrogen and oxygen atoms in total. The van der Waals surface area contributed by atoms with Gasteiger partial charge in [-0.25, -0.2) is 4.39 Å². The molecule has 126 valence electrons. The molecule has 1 fully saturated rings. The number of nitrogens with one attached hydrogen (secondary N) is 1. The van der Waals surface area contributed by atoms with Crippen LogP contribution in [0, 0.1) is 5.82 Å². The Balaban J connectivity index is 1.50. The molecule has 2 aromatic carbocycles. The Morgan fingerprint density at radius 3 is 2.62 bits per heavy atom. The number of hydrogen-bond donors (Lipinski definition) is 1. The molecule has 1 amide bonds. The van der Waals surface area contributed by atoms with Crippen LogP contribution < -0.4 is 10.1 Å². The van der Waals surface area contributed by atoms with Gasteiger partial charge in [-0.3, -0.25) is 4.79 Å². The average Bonchev–Trinajstić information content (AvgIpc) is 2.61. The third-order valence-corrected chi connectivity index (χ3v) is 6.47. The Hall–Kier alpha value is -1.66. The first kappa shape index (κ1) is 17.2. The molecule has 0 unspecified atom stereocenters. The van der Waals surface area contributed by atoms with E-state index in [2.05, 4.69) is 17.4 Å². The number of halogens is 1. The van der Waals surface area contributed by atoms with E-state index in [0.717, 1.165) is 0 Å². The van der Waals surface area contributed by atoms with E-state index in [1.165, 1.54) is 35.6 Å².